The van der Waals surface area contributed by atoms with Crippen molar-refractivity contribution < 1.29 is 14.3 Å². The van der Waals surface area contributed by atoms with Crippen molar-refractivity contribution in [2.45, 2.75) is 46.0 Å². The number of carbonyl (C=O) groups is 1. The lowest BCUT2D eigenvalue weighted by Gasteiger charge is -2.19. The predicted molar refractivity (Wildman–Crippen MR) is 84.8 cm³/mol. The average Bonchev–Trinajstić information content (AvgIpc) is 3.28. The van der Waals surface area contributed by atoms with Gasteiger partial charge in [0.1, 0.15) is 6.10 Å². The number of ether oxygens (including phenoxy) is 2. The quantitative estimate of drug-likeness (QED) is 0.821. The van der Waals surface area contributed by atoms with Gasteiger partial charge in [0.05, 0.1) is 43.9 Å². The highest BCUT2D eigenvalue weighted by Gasteiger charge is 2.33. The Balaban J connectivity index is 1.64. The molecule has 0 bridgehead atoms. The van der Waals surface area contributed by atoms with Gasteiger partial charge >= 0.3 is 0 Å². The van der Waals surface area contributed by atoms with Crippen LogP contribution in [0.5, 0.6) is 5.75 Å². The van der Waals surface area contributed by atoms with Gasteiger partial charge in [-0.3, -0.25) is 9.48 Å². The zero-order valence-corrected chi connectivity index (χ0v) is 14.1. The van der Waals surface area contributed by atoms with Crippen molar-refractivity contribution in [3.63, 3.8) is 0 Å². The molecule has 0 radical (unpaired) electrons. The molecule has 1 aliphatic heterocycles. The molecule has 2 aromatic heterocycles. The molecule has 1 fully saturated rings. The molecule has 2 atom stereocenters. The second-order valence-corrected chi connectivity index (χ2v) is 5.63. The Labute approximate surface area is 139 Å². The molecule has 1 aliphatic rings. The maximum absolute atomic E-state index is 12.4. The second-order valence-electron chi connectivity index (χ2n) is 5.63. The standard InChI is InChI=1S/C15H22N6O3/c1-4-20-7-11(6-16-20)24-13-9-23-8-12(13)17-15(22)14-10(3)18-21(5-2)19-14/h6-7,12-13H,4-5,8-9H2,1-3H3,(H,17,22)/t12-,13+/m0/s1. The summed E-state index contributed by atoms with van der Waals surface area (Å²) in [5.74, 6) is 0.403. The van der Waals surface area contributed by atoms with Crippen molar-refractivity contribution in [2.24, 2.45) is 0 Å². The Morgan fingerprint density at radius 3 is 2.88 bits per heavy atom. The first-order valence-electron chi connectivity index (χ1n) is 8.10. The van der Waals surface area contributed by atoms with Crippen LogP contribution in [0.15, 0.2) is 12.4 Å². The summed E-state index contributed by atoms with van der Waals surface area (Å²) in [6.07, 6.45) is 3.23. The summed E-state index contributed by atoms with van der Waals surface area (Å²) in [6, 6.07) is -0.242. The van der Waals surface area contributed by atoms with Gasteiger partial charge in [0.25, 0.3) is 5.91 Å². The Hall–Kier alpha value is -2.42. The maximum atomic E-state index is 12.4. The van der Waals surface area contributed by atoms with Gasteiger partial charge in [-0.2, -0.15) is 15.0 Å². The molecule has 9 heteroatoms. The van der Waals surface area contributed by atoms with E-state index in [1.807, 2.05) is 20.0 Å². The molecule has 1 N–H and O–H groups in total. The van der Waals surface area contributed by atoms with Gasteiger partial charge in [-0.05, 0) is 20.8 Å². The molecule has 0 aliphatic carbocycles. The Morgan fingerprint density at radius 2 is 2.21 bits per heavy atom. The molecule has 9 nitrogen and oxygen atoms in total. The third kappa shape index (κ3) is 3.40. The van der Waals surface area contributed by atoms with E-state index in [-0.39, 0.29) is 18.1 Å². The third-order valence-electron chi connectivity index (χ3n) is 3.89. The van der Waals surface area contributed by atoms with Crippen LogP contribution in [0.25, 0.3) is 0 Å². The molecule has 1 amide bonds. The molecule has 24 heavy (non-hydrogen) atoms. The zero-order valence-electron chi connectivity index (χ0n) is 14.1. The highest BCUT2D eigenvalue weighted by molar-refractivity contribution is 5.93. The first-order valence-corrected chi connectivity index (χ1v) is 8.10. The lowest BCUT2D eigenvalue weighted by Crippen LogP contribution is -2.45. The van der Waals surface area contributed by atoms with Crippen molar-refractivity contribution in [3.8, 4) is 5.75 Å². The molecule has 1 saturated heterocycles. The van der Waals surface area contributed by atoms with E-state index in [1.165, 1.54) is 4.80 Å². The first kappa shape index (κ1) is 16.4. The summed E-state index contributed by atoms with van der Waals surface area (Å²) in [5.41, 5.74) is 0.941. The minimum Gasteiger partial charge on any atom is -0.482 e. The molecular formula is C15H22N6O3. The van der Waals surface area contributed by atoms with Crippen LogP contribution in [0.3, 0.4) is 0 Å². The summed E-state index contributed by atoms with van der Waals surface area (Å²) >= 11 is 0. The summed E-state index contributed by atoms with van der Waals surface area (Å²) < 4.78 is 13.1. The van der Waals surface area contributed by atoms with Crippen LogP contribution in [0.4, 0.5) is 0 Å². The van der Waals surface area contributed by atoms with Crippen molar-refractivity contribution >= 4 is 5.91 Å². The number of aryl methyl sites for hydroxylation is 3. The topological polar surface area (TPSA) is 96.1 Å². The van der Waals surface area contributed by atoms with Gasteiger partial charge in [-0.15, -0.1) is 5.10 Å². The fourth-order valence-corrected chi connectivity index (χ4v) is 2.56. The van der Waals surface area contributed by atoms with Gasteiger partial charge in [-0.1, -0.05) is 0 Å². The number of nitrogens with zero attached hydrogens (tertiary/aromatic N) is 5. The summed E-state index contributed by atoms with van der Waals surface area (Å²) in [6.45, 7) is 7.91. The molecule has 0 spiro atoms. The van der Waals surface area contributed by atoms with E-state index in [1.54, 1.807) is 17.8 Å². The monoisotopic (exact) mass is 334 g/mol. The van der Waals surface area contributed by atoms with Crippen LogP contribution in [0.2, 0.25) is 0 Å². The smallest absolute Gasteiger partial charge is 0.274 e. The largest absolute Gasteiger partial charge is 0.482 e. The van der Waals surface area contributed by atoms with Gasteiger partial charge < -0.3 is 14.8 Å². The molecule has 0 aromatic carbocycles. The number of rotatable bonds is 6. The highest BCUT2D eigenvalue weighted by Crippen LogP contribution is 2.17. The maximum Gasteiger partial charge on any atom is 0.274 e. The lowest BCUT2D eigenvalue weighted by atomic mass is 10.2. The van der Waals surface area contributed by atoms with Gasteiger partial charge in [-0.25, -0.2) is 0 Å². The predicted octanol–water partition coefficient (Wildman–Crippen LogP) is 0.399. The van der Waals surface area contributed by atoms with Gasteiger partial charge in [0.2, 0.25) is 0 Å². The summed E-state index contributed by atoms with van der Waals surface area (Å²) in [4.78, 5) is 13.9. The SMILES string of the molecule is CCn1cc(O[C@@H]2COC[C@@H]2NC(=O)c2nn(CC)nc2C)cn1. The van der Waals surface area contributed by atoms with Gasteiger partial charge in [0, 0.05) is 6.54 Å². The Bertz CT molecular complexity index is 710. The number of aromatic nitrogens is 5. The normalized spacial score (nSPS) is 20.3. The van der Waals surface area contributed by atoms with E-state index < -0.39 is 0 Å². The molecule has 130 valence electrons. The van der Waals surface area contributed by atoms with Crippen LogP contribution in [0, 0.1) is 6.92 Å². The lowest BCUT2D eigenvalue weighted by molar-refractivity contribution is 0.0897. The van der Waals surface area contributed by atoms with E-state index in [0.29, 0.717) is 36.9 Å². The van der Waals surface area contributed by atoms with Crippen LogP contribution in [0.1, 0.15) is 30.0 Å². The number of hydrogen-bond donors (Lipinski definition) is 1. The average molecular weight is 334 g/mol. The highest BCUT2D eigenvalue weighted by atomic mass is 16.5. The van der Waals surface area contributed by atoms with Crippen molar-refractivity contribution in [1.82, 2.24) is 30.1 Å². The van der Waals surface area contributed by atoms with E-state index in [0.717, 1.165) is 6.54 Å². The first-order chi connectivity index (χ1) is 11.6. The fourth-order valence-electron chi connectivity index (χ4n) is 2.56. The zero-order chi connectivity index (χ0) is 17.1. The van der Waals surface area contributed by atoms with Crippen molar-refractivity contribution in [3.05, 3.63) is 23.8 Å². The molecule has 0 saturated carbocycles. The number of amides is 1. The van der Waals surface area contributed by atoms with Gasteiger partial charge in [0.15, 0.2) is 11.4 Å². The number of nitrogens with one attached hydrogen (secondary N) is 1. The van der Waals surface area contributed by atoms with E-state index in [9.17, 15) is 4.79 Å². The molecule has 0 unspecified atom stereocenters. The van der Waals surface area contributed by atoms with Crippen LogP contribution >= 0.6 is 0 Å². The Kier molecular flexibility index (Phi) is 4.79. The summed E-state index contributed by atoms with van der Waals surface area (Å²) in [7, 11) is 0. The number of hydrogen-bond acceptors (Lipinski definition) is 6. The van der Waals surface area contributed by atoms with E-state index >= 15 is 0 Å². The summed E-state index contributed by atoms with van der Waals surface area (Å²) in [5, 5.41) is 15.5. The van der Waals surface area contributed by atoms with Crippen LogP contribution in [-0.4, -0.2) is 56.0 Å². The molecule has 2 aromatic rings. The third-order valence-corrected chi connectivity index (χ3v) is 3.89. The minimum absolute atomic E-state index is 0.242. The Morgan fingerprint density at radius 1 is 1.38 bits per heavy atom. The van der Waals surface area contributed by atoms with Crippen molar-refractivity contribution in [1.29, 1.82) is 0 Å². The minimum atomic E-state index is -0.263. The van der Waals surface area contributed by atoms with Crippen LogP contribution < -0.4 is 10.1 Å². The van der Waals surface area contributed by atoms with E-state index in [4.69, 9.17) is 9.47 Å². The fraction of sp³-hybridized carbons (Fsp3) is 0.600. The molecular weight excluding hydrogens is 312 g/mol. The van der Waals surface area contributed by atoms with Crippen molar-refractivity contribution in [2.75, 3.05) is 13.2 Å². The number of carbonyl (C=O) groups excluding carboxylic acids is 1. The van der Waals surface area contributed by atoms with E-state index in [2.05, 4.69) is 20.6 Å². The molecule has 3 rings (SSSR count). The molecule has 3 heterocycles. The second kappa shape index (κ2) is 7.00. The van der Waals surface area contributed by atoms with Crippen LogP contribution in [-0.2, 0) is 17.8 Å².